The van der Waals surface area contributed by atoms with Crippen LogP contribution in [0.5, 0.6) is 0 Å². The summed E-state index contributed by atoms with van der Waals surface area (Å²) in [6.45, 7) is 4.32. The van der Waals surface area contributed by atoms with Crippen molar-refractivity contribution in [2.45, 2.75) is 39.5 Å². The molecule has 1 rings (SSSR count). The molecule has 0 aromatic carbocycles. The van der Waals surface area contributed by atoms with Crippen LogP contribution in [0.2, 0.25) is 0 Å². The lowest BCUT2D eigenvalue weighted by atomic mass is 9.94. The molecule has 7 heteroatoms. The maximum absolute atomic E-state index is 11.8. The molecule has 2 amide bonds. The van der Waals surface area contributed by atoms with Crippen LogP contribution < -0.4 is 10.7 Å². The van der Waals surface area contributed by atoms with E-state index in [9.17, 15) is 14.4 Å². The average Bonchev–Trinajstić information content (AvgIpc) is 2.35. The van der Waals surface area contributed by atoms with Gasteiger partial charge in [-0.1, -0.05) is 13.8 Å². The lowest BCUT2D eigenvalue weighted by Gasteiger charge is -2.18. The molecular weight excluding hydrogens is 262 g/mol. The quantitative estimate of drug-likeness (QED) is 0.632. The number of hydrazone groups is 1. The largest absolute Gasteiger partial charge is 0.481 e. The molecule has 7 nitrogen and oxygen atoms in total. The predicted molar refractivity (Wildman–Crippen MR) is 73.0 cm³/mol. The third kappa shape index (κ3) is 5.81. The fraction of sp³-hybridized carbons (Fsp3) is 0.692. The average molecular weight is 283 g/mol. The van der Waals surface area contributed by atoms with Gasteiger partial charge >= 0.3 is 5.97 Å². The van der Waals surface area contributed by atoms with E-state index in [4.69, 9.17) is 5.11 Å². The van der Waals surface area contributed by atoms with Crippen molar-refractivity contribution < 1.29 is 19.5 Å². The van der Waals surface area contributed by atoms with Gasteiger partial charge in [0, 0.05) is 25.8 Å². The molecule has 1 heterocycles. The van der Waals surface area contributed by atoms with Crippen LogP contribution in [0.4, 0.5) is 0 Å². The monoisotopic (exact) mass is 283 g/mol. The molecule has 1 aliphatic rings. The summed E-state index contributed by atoms with van der Waals surface area (Å²) in [6, 6.07) is 0. The molecule has 0 radical (unpaired) electrons. The molecular formula is C13H21N3O4. The van der Waals surface area contributed by atoms with Gasteiger partial charge in [0.05, 0.1) is 0 Å². The van der Waals surface area contributed by atoms with Gasteiger partial charge in [-0.3, -0.25) is 14.4 Å². The molecule has 0 aliphatic carbocycles. The van der Waals surface area contributed by atoms with Crippen LogP contribution in [0, 0.1) is 11.8 Å². The fourth-order valence-electron chi connectivity index (χ4n) is 2.13. The number of hydrogen-bond acceptors (Lipinski definition) is 4. The molecule has 1 aliphatic heterocycles. The molecule has 20 heavy (non-hydrogen) atoms. The maximum atomic E-state index is 11.8. The summed E-state index contributed by atoms with van der Waals surface area (Å²) in [5, 5.41) is 15.2. The van der Waals surface area contributed by atoms with Crippen molar-refractivity contribution in [1.29, 1.82) is 0 Å². The summed E-state index contributed by atoms with van der Waals surface area (Å²) in [5.41, 5.74) is 2.54. The van der Waals surface area contributed by atoms with Gasteiger partial charge in [0.2, 0.25) is 5.91 Å². The SMILES string of the molecule is CC(C)CC(CNC(=O)C1=NNC(=O)CC1)CC(=O)O. The number of nitrogens with zero attached hydrogens (tertiary/aromatic N) is 1. The van der Waals surface area contributed by atoms with Crippen LogP contribution in [-0.2, 0) is 14.4 Å². The van der Waals surface area contributed by atoms with Crippen molar-refractivity contribution in [2.75, 3.05) is 6.54 Å². The Morgan fingerprint density at radius 1 is 1.40 bits per heavy atom. The summed E-state index contributed by atoms with van der Waals surface area (Å²) >= 11 is 0. The molecule has 0 fully saturated rings. The van der Waals surface area contributed by atoms with Crippen LogP contribution in [0.1, 0.15) is 39.5 Å². The van der Waals surface area contributed by atoms with Crippen molar-refractivity contribution >= 4 is 23.5 Å². The lowest BCUT2D eigenvalue weighted by molar-refractivity contribution is -0.138. The van der Waals surface area contributed by atoms with E-state index in [2.05, 4.69) is 15.8 Å². The van der Waals surface area contributed by atoms with E-state index in [0.29, 0.717) is 18.9 Å². The number of amides is 2. The summed E-state index contributed by atoms with van der Waals surface area (Å²) in [5.74, 6) is -1.15. The zero-order valence-corrected chi connectivity index (χ0v) is 11.8. The smallest absolute Gasteiger partial charge is 0.303 e. The summed E-state index contributed by atoms with van der Waals surface area (Å²) in [7, 11) is 0. The van der Waals surface area contributed by atoms with Gasteiger partial charge in [0.25, 0.3) is 5.91 Å². The Kier molecular flexibility index (Phi) is 6.14. The highest BCUT2D eigenvalue weighted by Crippen LogP contribution is 2.14. The first-order valence-electron chi connectivity index (χ1n) is 6.74. The van der Waals surface area contributed by atoms with Gasteiger partial charge in [-0.25, -0.2) is 5.43 Å². The zero-order chi connectivity index (χ0) is 15.1. The Labute approximate surface area is 117 Å². The number of carboxylic acids is 1. The Morgan fingerprint density at radius 3 is 2.60 bits per heavy atom. The van der Waals surface area contributed by atoms with Crippen molar-refractivity contribution in [3.63, 3.8) is 0 Å². The maximum Gasteiger partial charge on any atom is 0.303 e. The molecule has 0 aromatic heterocycles. The number of aliphatic carboxylic acids is 1. The van der Waals surface area contributed by atoms with E-state index in [1.807, 2.05) is 13.8 Å². The first-order chi connectivity index (χ1) is 9.38. The Hall–Kier alpha value is -1.92. The topological polar surface area (TPSA) is 108 Å². The molecule has 0 spiro atoms. The second-order valence-corrected chi connectivity index (χ2v) is 5.40. The number of carboxylic acid groups (broad SMARTS) is 1. The molecule has 1 unspecified atom stereocenters. The highest BCUT2D eigenvalue weighted by molar-refractivity contribution is 6.39. The Morgan fingerprint density at radius 2 is 2.10 bits per heavy atom. The van der Waals surface area contributed by atoms with Gasteiger partial charge < -0.3 is 10.4 Å². The molecule has 3 N–H and O–H groups in total. The molecule has 112 valence electrons. The Balaban J connectivity index is 2.47. The van der Waals surface area contributed by atoms with E-state index in [1.54, 1.807) is 0 Å². The second kappa shape index (κ2) is 7.62. The number of carbonyl (C=O) groups excluding carboxylic acids is 2. The Bertz CT molecular complexity index is 418. The second-order valence-electron chi connectivity index (χ2n) is 5.40. The van der Waals surface area contributed by atoms with Gasteiger partial charge in [-0.2, -0.15) is 5.10 Å². The van der Waals surface area contributed by atoms with Gasteiger partial charge in [-0.15, -0.1) is 0 Å². The predicted octanol–water partition coefficient (Wildman–Crippen LogP) is 0.506. The highest BCUT2D eigenvalue weighted by atomic mass is 16.4. The summed E-state index contributed by atoms with van der Waals surface area (Å²) in [6.07, 6.45) is 1.32. The third-order valence-electron chi connectivity index (χ3n) is 2.99. The summed E-state index contributed by atoms with van der Waals surface area (Å²) < 4.78 is 0. The van der Waals surface area contributed by atoms with Crippen LogP contribution in [0.3, 0.4) is 0 Å². The first kappa shape index (κ1) is 16.1. The minimum absolute atomic E-state index is 0.0294. The zero-order valence-electron chi connectivity index (χ0n) is 11.8. The number of rotatable bonds is 7. The molecule has 0 saturated carbocycles. The summed E-state index contributed by atoms with van der Waals surface area (Å²) in [4.78, 5) is 33.6. The van der Waals surface area contributed by atoms with Crippen LogP contribution in [0.15, 0.2) is 5.10 Å². The minimum Gasteiger partial charge on any atom is -0.481 e. The standard InChI is InChI=1S/C13H21N3O4/c1-8(2)5-9(6-12(18)19)7-14-13(20)10-3-4-11(17)16-15-10/h8-9H,3-7H2,1-2H3,(H,14,20)(H,16,17)(H,18,19). The van der Waals surface area contributed by atoms with Crippen molar-refractivity contribution in [3.8, 4) is 0 Å². The molecule has 0 saturated heterocycles. The van der Waals surface area contributed by atoms with E-state index in [0.717, 1.165) is 6.42 Å². The van der Waals surface area contributed by atoms with Crippen molar-refractivity contribution in [1.82, 2.24) is 10.7 Å². The first-order valence-corrected chi connectivity index (χ1v) is 6.74. The van der Waals surface area contributed by atoms with Crippen LogP contribution in [0.25, 0.3) is 0 Å². The number of carbonyl (C=O) groups is 3. The minimum atomic E-state index is -0.868. The van der Waals surface area contributed by atoms with Gasteiger partial charge in [0.1, 0.15) is 5.71 Å². The third-order valence-corrected chi connectivity index (χ3v) is 2.99. The molecule has 0 bridgehead atoms. The van der Waals surface area contributed by atoms with Crippen LogP contribution >= 0.6 is 0 Å². The van der Waals surface area contributed by atoms with E-state index in [-0.39, 0.29) is 36.3 Å². The lowest BCUT2D eigenvalue weighted by Crippen LogP contribution is -2.39. The van der Waals surface area contributed by atoms with E-state index < -0.39 is 5.97 Å². The number of hydrogen-bond donors (Lipinski definition) is 3. The normalized spacial score (nSPS) is 16.4. The fourth-order valence-corrected chi connectivity index (χ4v) is 2.13. The highest BCUT2D eigenvalue weighted by Gasteiger charge is 2.20. The van der Waals surface area contributed by atoms with Crippen molar-refractivity contribution in [3.05, 3.63) is 0 Å². The van der Waals surface area contributed by atoms with E-state index in [1.165, 1.54) is 0 Å². The molecule has 0 aromatic rings. The van der Waals surface area contributed by atoms with Gasteiger partial charge in [-0.05, 0) is 18.3 Å². The van der Waals surface area contributed by atoms with Crippen molar-refractivity contribution in [2.24, 2.45) is 16.9 Å². The number of nitrogens with one attached hydrogen (secondary N) is 2. The van der Waals surface area contributed by atoms with E-state index >= 15 is 0 Å². The van der Waals surface area contributed by atoms with Gasteiger partial charge in [0.15, 0.2) is 0 Å². The molecule has 1 atom stereocenters. The van der Waals surface area contributed by atoms with Crippen LogP contribution in [-0.4, -0.2) is 35.1 Å².